The Hall–Kier alpha value is -2.90. The number of hydrogen-bond donors (Lipinski definition) is 2. The van der Waals surface area contributed by atoms with Crippen LogP contribution in [0.15, 0.2) is 21.8 Å². The summed E-state index contributed by atoms with van der Waals surface area (Å²) in [5.41, 5.74) is 5.11. The Labute approximate surface area is 234 Å². The Morgan fingerprint density at radius 1 is 1.28 bits per heavy atom. The second-order valence-corrected chi connectivity index (χ2v) is 14.7. The van der Waals surface area contributed by atoms with E-state index in [4.69, 9.17) is 19.8 Å². The van der Waals surface area contributed by atoms with Crippen LogP contribution >= 0.6 is 30.5 Å². The fraction of sp³-hybridized carbons (Fsp3) is 0.565. The van der Waals surface area contributed by atoms with Crippen LogP contribution < -0.4 is 11.1 Å². The highest BCUT2D eigenvalue weighted by Gasteiger charge is 2.55. The largest absolute Gasteiger partial charge is 0.461 e. The number of nitrogen functional groups attached to an aromatic ring is 1. The topological polar surface area (TPSA) is 180 Å². The third-order valence-corrected chi connectivity index (χ3v) is 9.92. The van der Waals surface area contributed by atoms with E-state index in [1.165, 1.54) is 29.0 Å². The maximum atomic E-state index is 13.3. The number of thioether (sulfide) groups is 1. The van der Waals surface area contributed by atoms with Crippen molar-refractivity contribution in [2.45, 2.75) is 58.6 Å². The number of aromatic nitrogens is 1. The normalized spacial score (nSPS) is 19.7. The number of nitrogens with zero attached hydrogens (tertiary/aromatic N) is 3. The Bertz CT molecular complexity index is 1260. The van der Waals surface area contributed by atoms with Gasteiger partial charge < -0.3 is 25.1 Å². The maximum Gasteiger partial charge on any atom is 0.355 e. The molecule has 16 heteroatoms. The minimum Gasteiger partial charge on any atom is -0.461 e. The van der Waals surface area contributed by atoms with Gasteiger partial charge in [-0.2, -0.15) is 0 Å². The van der Waals surface area contributed by atoms with Gasteiger partial charge in [0.1, 0.15) is 35.0 Å². The number of β-lactam (4-membered cyclic amide) rings is 1. The van der Waals surface area contributed by atoms with E-state index >= 15 is 0 Å². The van der Waals surface area contributed by atoms with E-state index in [-0.39, 0.29) is 46.9 Å². The molecule has 0 bridgehead atoms. The van der Waals surface area contributed by atoms with Gasteiger partial charge >= 0.3 is 11.9 Å². The number of thiazole rings is 1. The number of fused-ring (bicyclic) bond motifs is 1. The molecule has 1 fully saturated rings. The van der Waals surface area contributed by atoms with Crippen LogP contribution in [0.25, 0.3) is 0 Å². The fourth-order valence-electron chi connectivity index (χ4n) is 3.56. The predicted octanol–water partition coefficient (Wildman–Crippen LogP) is 2.32. The van der Waals surface area contributed by atoms with Gasteiger partial charge in [0.05, 0.1) is 0 Å². The summed E-state index contributed by atoms with van der Waals surface area (Å²) in [4.78, 5) is 56.3. The molecule has 3 N–H and O–H groups in total. The third kappa shape index (κ3) is 7.20. The molecule has 0 aromatic carbocycles. The molecule has 1 aromatic rings. The van der Waals surface area contributed by atoms with Crippen molar-refractivity contribution >= 4 is 65.1 Å². The number of carbonyl (C=O) groups is 4. The molecule has 39 heavy (non-hydrogen) atoms. The lowest BCUT2D eigenvalue weighted by Gasteiger charge is -2.49. The minimum atomic E-state index is -3.10. The molecule has 3 rings (SSSR count). The summed E-state index contributed by atoms with van der Waals surface area (Å²) in [6.07, 6.45) is 0.427. The smallest absolute Gasteiger partial charge is 0.355 e. The van der Waals surface area contributed by atoms with Crippen molar-refractivity contribution in [3.05, 3.63) is 22.3 Å². The Balaban J connectivity index is 1.87. The lowest BCUT2D eigenvalue weighted by atomic mass is 10.0. The Morgan fingerprint density at radius 2 is 1.95 bits per heavy atom. The van der Waals surface area contributed by atoms with Crippen molar-refractivity contribution in [3.63, 3.8) is 0 Å². The van der Waals surface area contributed by atoms with Gasteiger partial charge in [0.25, 0.3) is 19.2 Å². The predicted molar refractivity (Wildman–Crippen MR) is 147 cm³/mol. The van der Waals surface area contributed by atoms with Gasteiger partial charge in [-0.25, -0.2) is 9.78 Å². The van der Waals surface area contributed by atoms with Crippen molar-refractivity contribution in [1.29, 1.82) is 0 Å². The molecule has 0 radical (unpaired) electrons. The first kappa shape index (κ1) is 30.6. The van der Waals surface area contributed by atoms with Gasteiger partial charge in [-0.1, -0.05) is 19.0 Å². The zero-order chi connectivity index (χ0) is 29.1. The zero-order valence-corrected chi connectivity index (χ0v) is 25.0. The molecule has 1 aromatic heterocycles. The number of carbonyl (C=O) groups excluding carboxylic acids is 4. The highest BCUT2D eigenvalue weighted by atomic mass is 32.2. The van der Waals surface area contributed by atoms with E-state index in [0.29, 0.717) is 5.57 Å². The van der Waals surface area contributed by atoms with Crippen LogP contribution in [0.2, 0.25) is 0 Å². The number of nitrogens with two attached hydrogens (primary N) is 1. The molecule has 0 unspecified atom stereocenters. The summed E-state index contributed by atoms with van der Waals surface area (Å²) in [5.74, 6) is -2.37. The molecule has 0 saturated carbocycles. The minimum absolute atomic E-state index is 0.0123. The third-order valence-electron chi connectivity index (χ3n) is 5.60. The number of anilines is 1. The molecule has 0 aliphatic carbocycles. The van der Waals surface area contributed by atoms with E-state index < -0.39 is 48.1 Å². The van der Waals surface area contributed by atoms with Gasteiger partial charge in [0, 0.05) is 36.0 Å². The summed E-state index contributed by atoms with van der Waals surface area (Å²) in [5, 5.41) is 7.54. The molecular weight excluding hydrogens is 569 g/mol. The number of nitrogens with one attached hydrogen (secondary N) is 1. The summed E-state index contributed by atoms with van der Waals surface area (Å²) >= 11 is 2.36. The van der Waals surface area contributed by atoms with Gasteiger partial charge in [-0.05, 0) is 20.8 Å². The molecule has 2 amide bonds. The van der Waals surface area contributed by atoms with Gasteiger partial charge in [0.2, 0.25) is 0 Å². The highest BCUT2D eigenvalue weighted by molar-refractivity contribution is 8.00. The van der Waals surface area contributed by atoms with Crippen LogP contribution in [0.1, 0.15) is 47.2 Å². The van der Waals surface area contributed by atoms with Crippen LogP contribution in [0, 0.1) is 0 Å². The number of oxime groups is 1. The SMILES string of the molecule is CCP(=O)(CC)ON=C(C(=O)N[C@H]1C(=O)N2C(C(=O)OC(C)(C)C)=C(COC(C)=O)CS[C@H]12)c1csc(N)n1. The van der Waals surface area contributed by atoms with Crippen LogP contribution in [-0.4, -0.2) is 81.0 Å². The number of hydrogen-bond acceptors (Lipinski definition) is 13. The van der Waals surface area contributed by atoms with Crippen molar-refractivity contribution in [1.82, 2.24) is 15.2 Å². The van der Waals surface area contributed by atoms with Crippen molar-refractivity contribution in [3.8, 4) is 0 Å². The fourth-order valence-corrected chi connectivity index (χ4v) is 6.35. The van der Waals surface area contributed by atoms with E-state index in [1.54, 1.807) is 34.6 Å². The van der Waals surface area contributed by atoms with Gasteiger partial charge in [0.15, 0.2) is 10.8 Å². The Kier molecular flexibility index (Phi) is 9.50. The second-order valence-electron chi connectivity index (χ2n) is 9.63. The summed E-state index contributed by atoms with van der Waals surface area (Å²) in [6, 6.07) is -1.01. The standard InChI is InChI=1S/C23H32N5O8PS2/c1-7-37(33,8-2)36-27-15(14-11-39-22(24)25-14)18(30)26-16-19(31)28-17(21(32)35-23(4,5)6)13(9-34-12(3)29)10-38-20(16)28/h11,16,20H,7-10H2,1-6H3,(H2,24,25)(H,26,30)/t16-,20+/m0/s1. The summed E-state index contributed by atoms with van der Waals surface area (Å²) in [7, 11) is -3.10. The average Bonchev–Trinajstić information content (AvgIpc) is 3.29. The molecule has 1 saturated heterocycles. The van der Waals surface area contributed by atoms with Gasteiger partial charge in [-0.15, -0.1) is 23.1 Å². The molecule has 2 atom stereocenters. The second kappa shape index (κ2) is 12.1. The maximum absolute atomic E-state index is 13.3. The molecule has 3 heterocycles. The highest BCUT2D eigenvalue weighted by Crippen LogP contribution is 2.46. The molecule has 2 aliphatic heterocycles. The monoisotopic (exact) mass is 601 g/mol. The molecular formula is C23H32N5O8PS2. The van der Waals surface area contributed by atoms with Crippen molar-refractivity contribution < 1.29 is 37.8 Å². The van der Waals surface area contributed by atoms with E-state index in [9.17, 15) is 23.7 Å². The number of ether oxygens (including phenoxy) is 2. The van der Waals surface area contributed by atoms with Crippen LogP contribution in [-0.2, 0) is 37.8 Å². The van der Waals surface area contributed by atoms with Crippen molar-refractivity contribution in [2.24, 2.45) is 5.16 Å². The Morgan fingerprint density at radius 3 is 2.49 bits per heavy atom. The number of amides is 2. The summed E-state index contributed by atoms with van der Waals surface area (Å²) < 4.78 is 28.6. The molecule has 2 aliphatic rings. The first-order valence-corrected chi connectivity index (χ1v) is 16.0. The van der Waals surface area contributed by atoms with Crippen LogP contribution in [0.5, 0.6) is 0 Å². The molecule has 214 valence electrons. The van der Waals surface area contributed by atoms with Crippen LogP contribution in [0.4, 0.5) is 5.13 Å². The average molecular weight is 602 g/mol. The summed E-state index contributed by atoms with van der Waals surface area (Å²) in [6.45, 7) is 9.51. The van der Waals surface area contributed by atoms with E-state index in [0.717, 1.165) is 11.3 Å². The lowest BCUT2D eigenvalue weighted by Crippen LogP contribution is -2.71. The number of esters is 2. The van der Waals surface area contributed by atoms with E-state index in [1.807, 2.05) is 0 Å². The first-order valence-electron chi connectivity index (χ1n) is 12.1. The molecule has 13 nitrogen and oxygen atoms in total. The first-order chi connectivity index (χ1) is 18.2. The van der Waals surface area contributed by atoms with Crippen molar-refractivity contribution in [2.75, 3.05) is 30.4 Å². The van der Waals surface area contributed by atoms with Gasteiger partial charge in [-0.3, -0.25) is 23.8 Å². The molecule has 0 spiro atoms. The zero-order valence-electron chi connectivity index (χ0n) is 22.5. The van der Waals surface area contributed by atoms with E-state index in [2.05, 4.69) is 15.5 Å². The lowest BCUT2D eigenvalue weighted by molar-refractivity contribution is -0.159. The van der Waals surface area contributed by atoms with Crippen LogP contribution in [0.3, 0.4) is 0 Å². The number of rotatable bonds is 10. The quantitative estimate of drug-likeness (QED) is 0.132.